The smallest absolute Gasteiger partial charge is 0.0739 e. The van der Waals surface area contributed by atoms with Gasteiger partial charge in [-0.2, -0.15) is 5.48 Å². The van der Waals surface area contributed by atoms with Crippen LogP contribution < -0.4 is 10.8 Å². The molecule has 2 fully saturated rings. The summed E-state index contributed by atoms with van der Waals surface area (Å²) >= 11 is 0. The van der Waals surface area contributed by atoms with E-state index in [1.54, 1.807) is 0 Å². The van der Waals surface area contributed by atoms with Crippen LogP contribution in [0.1, 0.15) is 0 Å². The van der Waals surface area contributed by atoms with Crippen molar-refractivity contribution in [2.45, 2.75) is 12.1 Å². The van der Waals surface area contributed by atoms with E-state index in [1.807, 2.05) is 0 Å². The van der Waals surface area contributed by atoms with Crippen LogP contribution in [0.15, 0.2) is 0 Å². The second-order valence-electron chi connectivity index (χ2n) is 2.91. The third kappa shape index (κ3) is 0.845. The van der Waals surface area contributed by atoms with Gasteiger partial charge in [-0.25, -0.2) is 0 Å². The molecule has 0 aromatic heterocycles. The molecule has 0 bridgehead atoms. The maximum Gasteiger partial charge on any atom is 0.0739 e. The van der Waals surface area contributed by atoms with Gasteiger partial charge in [0.1, 0.15) is 0 Å². The minimum atomic E-state index is 0.187. The molecule has 2 rings (SSSR count). The van der Waals surface area contributed by atoms with Crippen LogP contribution in [0.2, 0.25) is 0 Å². The van der Waals surface area contributed by atoms with E-state index < -0.39 is 0 Å². The molecule has 2 saturated heterocycles. The van der Waals surface area contributed by atoms with Gasteiger partial charge in [0.2, 0.25) is 0 Å². The molecule has 0 aromatic carbocycles. The fraction of sp³-hybridized carbons (Fsp3) is 1.00. The van der Waals surface area contributed by atoms with Gasteiger partial charge in [0, 0.05) is 18.5 Å². The highest BCUT2D eigenvalue weighted by molar-refractivity contribution is 4.95. The van der Waals surface area contributed by atoms with E-state index in [9.17, 15) is 0 Å². The highest BCUT2D eigenvalue weighted by atomic mass is 16.7. The van der Waals surface area contributed by atoms with E-state index in [2.05, 4.69) is 10.8 Å². The molecule has 0 aliphatic carbocycles. The molecule has 0 spiro atoms. The molecule has 0 saturated carbocycles. The van der Waals surface area contributed by atoms with Crippen LogP contribution >= 0.6 is 0 Å². The van der Waals surface area contributed by atoms with Gasteiger partial charge >= 0.3 is 0 Å². The Balaban J connectivity index is 2.01. The first-order valence-corrected chi connectivity index (χ1v) is 3.63. The van der Waals surface area contributed by atoms with Gasteiger partial charge in [0.15, 0.2) is 0 Å². The Labute approximate surface area is 59.5 Å². The monoisotopic (exact) mass is 144 g/mol. The van der Waals surface area contributed by atoms with Crippen LogP contribution in [0.5, 0.6) is 0 Å². The number of aliphatic hydroxyl groups excluding tert-OH is 1. The molecule has 2 heterocycles. The van der Waals surface area contributed by atoms with Crippen LogP contribution in [-0.4, -0.2) is 36.9 Å². The van der Waals surface area contributed by atoms with Crippen molar-refractivity contribution in [3.05, 3.63) is 0 Å². The van der Waals surface area contributed by atoms with E-state index in [0.717, 1.165) is 13.2 Å². The summed E-state index contributed by atoms with van der Waals surface area (Å²) in [6.07, 6.45) is 0. The zero-order valence-electron chi connectivity index (χ0n) is 5.71. The van der Waals surface area contributed by atoms with Crippen molar-refractivity contribution in [3.63, 3.8) is 0 Å². The number of nitrogens with one attached hydrogen (secondary N) is 2. The normalized spacial score (nSPS) is 45.9. The van der Waals surface area contributed by atoms with E-state index in [4.69, 9.17) is 9.94 Å². The van der Waals surface area contributed by atoms with Crippen LogP contribution in [-0.2, 0) is 4.84 Å². The zero-order chi connectivity index (χ0) is 6.97. The van der Waals surface area contributed by atoms with Crippen LogP contribution in [0.4, 0.5) is 0 Å². The van der Waals surface area contributed by atoms with Crippen molar-refractivity contribution in [1.82, 2.24) is 10.8 Å². The largest absolute Gasteiger partial charge is 0.395 e. The standard InChI is InChI=1S/C6H12N2O2/c9-2-5-6-4(1-7-5)3-10-8-6/h4-9H,1-3H2/t4-,5-,6+/m1/s1. The van der Waals surface area contributed by atoms with Crippen molar-refractivity contribution in [3.8, 4) is 0 Å². The number of hydrogen-bond donors (Lipinski definition) is 3. The lowest BCUT2D eigenvalue weighted by molar-refractivity contribution is 0.0711. The van der Waals surface area contributed by atoms with E-state index in [1.165, 1.54) is 0 Å². The average Bonchev–Trinajstić information content (AvgIpc) is 2.44. The second-order valence-corrected chi connectivity index (χ2v) is 2.91. The highest BCUT2D eigenvalue weighted by Gasteiger charge is 2.39. The SMILES string of the molecule is OC[C@H]1NC[C@@H]2CON[C@@H]21. The molecular formula is C6H12N2O2. The second kappa shape index (κ2) is 2.47. The molecular weight excluding hydrogens is 132 g/mol. The third-order valence-electron chi connectivity index (χ3n) is 2.30. The minimum Gasteiger partial charge on any atom is -0.395 e. The Morgan fingerprint density at radius 1 is 1.60 bits per heavy atom. The summed E-state index contributed by atoms with van der Waals surface area (Å²) < 4.78 is 0. The molecule has 2 aliphatic rings. The fourth-order valence-electron chi connectivity index (χ4n) is 1.66. The molecule has 4 heteroatoms. The molecule has 0 amide bonds. The molecule has 2 aliphatic heterocycles. The van der Waals surface area contributed by atoms with Gasteiger partial charge < -0.3 is 15.3 Å². The Morgan fingerprint density at radius 2 is 2.50 bits per heavy atom. The van der Waals surface area contributed by atoms with Gasteiger partial charge in [0.05, 0.1) is 19.3 Å². The lowest BCUT2D eigenvalue weighted by Gasteiger charge is -2.13. The number of rotatable bonds is 1. The van der Waals surface area contributed by atoms with Gasteiger partial charge in [-0.3, -0.25) is 0 Å². The summed E-state index contributed by atoms with van der Waals surface area (Å²) in [4.78, 5) is 5.04. The quantitative estimate of drug-likeness (QED) is 0.418. The molecule has 0 radical (unpaired) electrons. The summed E-state index contributed by atoms with van der Waals surface area (Å²) in [6.45, 7) is 1.93. The predicted octanol–water partition coefficient (Wildman–Crippen LogP) is -1.53. The number of hydroxylamine groups is 1. The molecule has 0 aromatic rings. The maximum absolute atomic E-state index is 8.86. The molecule has 3 N–H and O–H groups in total. The summed E-state index contributed by atoms with van der Waals surface area (Å²) in [7, 11) is 0. The van der Waals surface area contributed by atoms with Crippen molar-refractivity contribution >= 4 is 0 Å². The minimum absolute atomic E-state index is 0.187. The van der Waals surface area contributed by atoms with Crippen LogP contribution in [0.3, 0.4) is 0 Å². The topological polar surface area (TPSA) is 53.5 Å². The molecule has 4 nitrogen and oxygen atoms in total. The number of fused-ring (bicyclic) bond motifs is 1. The zero-order valence-corrected chi connectivity index (χ0v) is 5.71. The van der Waals surface area contributed by atoms with Gasteiger partial charge in [-0.1, -0.05) is 0 Å². The fourth-order valence-corrected chi connectivity index (χ4v) is 1.66. The summed E-state index contributed by atoms with van der Waals surface area (Å²) in [5.74, 6) is 0.553. The highest BCUT2D eigenvalue weighted by Crippen LogP contribution is 2.19. The lowest BCUT2D eigenvalue weighted by atomic mass is 10.0. The third-order valence-corrected chi connectivity index (χ3v) is 2.30. The van der Waals surface area contributed by atoms with Crippen molar-refractivity contribution in [2.24, 2.45) is 5.92 Å². The summed E-state index contributed by atoms with van der Waals surface area (Å²) in [5.41, 5.74) is 2.90. The Kier molecular flexibility index (Phi) is 1.61. The maximum atomic E-state index is 8.86. The summed E-state index contributed by atoms with van der Waals surface area (Å²) in [5, 5.41) is 12.1. The molecule has 0 unspecified atom stereocenters. The van der Waals surface area contributed by atoms with Gasteiger partial charge in [0.25, 0.3) is 0 Å². The lowest BCUT2D eigenvalue weighted by Crippen LogP contribution is -2.40. The Bertz CT molecular complexity index is 131. The van der Waals surface area contributed by atoms with E-state index in [0.29, 0.717) is 12.0 Å². The van der Waals surface area contributed by atoms with Crippen LogP contribution in [0.25, 0.3) is 0 Å². The van der Waals surface area contributed by atoms with Gasteiger partial charge in [-0.05, 0) is 0 Å². The summed E-state index contributed by atoms with van der Waals surface area (Å²) in [6, 6.07) is 0.512. The van der Waals surface area contributed by atoms with Gasteiger partial charge in [-0.15, -0.1) is 0 Å². The van der Waals surface area contributed by atoms with Crippen molar-refractivity contribution in [1.29, 1.82) is 0 Å². The van der Waals surface area contributed by atoms with E-state index in [-0.39, 0.29) is 12.6 Å². The number of hydrogen-bond acceptors (Lipinski definition) is 4. The molecule has 10 heavy (non-hydrogen) atoms. The first-order valence-electron chi connectivity index (χ1n) is 3.63. The Hall–Kier alpha value is -0.160. The number of aliphatic hydroxyl groups is 1. The van der Waals surface area contributed by atoms with Crippen molar-refractivity contribution in [2.75, 3.05) is 19.8 Å². The molecule has 3 atom stereocenters. The van der Waals surface area contributed by atoms with Crippen molar-refractivity contribution < 1.29 is 9.94 Å². The van der Waals surface area contributed by atoms with Crippen LogP contribution in [0, 0.1) is 5.92 Å². The Morgan fingerprint density at radius 3 is 3.30 bits per heavy atom. The first-order chi connectivity index (χ1) is 4.92. The van der Waals surface area contributed by atoms with E-state index >= 15 is 0 Å². The average molecular weight is 144 g/mol. The first kappa shape index (κ1) is 6.54. The molecule has 58 valence electrons. The predicted molar refractivity (Wildman–Crippen MR) is 35.2 cm³/mol.